The van der Waals surface area contributed by atoms with Gasteiger partial charge in [-0.2, -0.15) is 13.2 Å². The summed E-state index contributed by atoms with van der Waals surface area (Å²) in [7, 11) is 2.05. The van der Waals surface area contributed by atoms with Gasteiger partial charge in [0.2, 0.25) is 5.91 Å². The van der Waals surface area contributed by atoms with Gasteiger partial charge in [-0.05, 0) is 18.2 Å². The molecule has 0 spiro atoms. The summed E-state index contributed by atoms with van der Waals surface area (Å²) in [5.74, 6) is -5.99. The number of barbiturate groups is 1. The predicted octanol–water partition coefficient (Wildman–Crippen LogP) is 2.66. The fraction of sp³-hybridized carbons (Fsp3) is 0.211. The van der Waals surface area contributed by atoms with Gasteiger partial charge in [0.1, 0.15) is 5.75 Å². The number of carbonyl (C=O) groups excluding carboxylic acids is 4. The van der Waals surface area contributed by atoms with Gasteiger partial charge in [-0.1, -0.05) is 17.7 Å². The molecule has 1 aromatic carbocycles. The molecule has 33 heavy (non-hydrogen) atoms. The van der Waals surface area contributed by atoms with Crippen molar-refractivity contribution in [3.05, 3.63) is 41.0 Å². The number of hydrogen-bond acceptors (Lipinski definition) is 7. The molecule has 2 heterocycles. The predicted molar refractivity (Wildman–Crippen MR) is 105 cm³/mol. The zero-order valence-electron chi connectivity index (χ0n) is 16.8. The van der Waals surface area contributed by atoms with Gasteiger partial charge in [0.05, 0.1) is 29.1 Å². The Morgan fingerprint density at radius 3 is 2.42 bits per heavy atom. The number of aromatic hydroxyl groups is 1. The first-order valence-electron chi connectivity index (χ1n) is 8.93. The monoisotopic (exact) mass is 486 g/mol. The smallest absolute Gasteiger partial charge is 0.417 e. The van der Waals surface area contributed by atoms with Crippen LogP contribution >= 0.6 is 11.6 Å². The van der Waals surface area contributed by atoms with E-state index in [1.807, 2.05) is 0 Å². The van der Waals surface area contributed by atoms with Gasteiger partial charge >= 0.3 is 12.2 Å². The Bertz CT molecular complexity index is 1170. The number of aromatic nitrogens is 1. The van der Waals surface area contributed by atoms with Gasteiger partial charge in [-0.15, -0.1) is 5.06 Å². The van der Waals surface area contributed by atoms with Crippen LogP contribution in [0.15, 0.2) is 30.5 Å². The summed E-state index contributed by atoms with van der Waals surface area (Å²) in [6, 6.07) is 3.12. The van der Waals surface area contributed by atoms with Gasteiger partial charge in [0, 0.05) is 18.8 Å². The minimum Gasteiger partial charge on any atom is -0.506 e. The van der Waals surface area contributed by atoms with Crippen LogP contribution in [0.25, 0.3) is 11.3 Å². The van der Waals surface area contributed by atoms with Crippen LogP contribution in [0.5, 0.6) is 5.75 Å². The first-order valence-corrected chi connectivity index (χ1v) is 9.31. The number of alkyl halides is 3. The van der Waals surface area contributed by atoms with Crippen molar-refractivity contribution in [1.82, 2.24) is 14.9 Å². The van der Waals surface area contributed by atoms with Gasteiger partial charge < -0.3 is 10.4 Å². The van der Waals surface area contributed by atoms with Crippen LogP contribution in [-0.4, -0.2) is 58.0 Å². The van der Waals surface area contributed by atoms with Crippen molar-refractivity contribution in [3.63, 3.8) is 0 Å². The number of phenols is 1. The number of urea groups is 1. The van der Waals surface area contributed by atoms with Crippen LogP contribution in [0.3, 0.4) is 0 Å². The number of nitrogens with one attached hydrogen (secondary N) is 1. The largest absolute Gasteiger partial charge is 0.506 e. The summed E-state index contributed by atoms with van der Waals surface area (Å²) < 4.78 is 38.3. The maximum atomic E-state index is 12.8. The lowest BCUT2D eigenvalue weighted by molar-refractivity contribution is -0.178. The molecule has 0 radical (unpaired) electrons. The number of rotatable bonds is 4. The quantitative estimate of drug-likeness (QED) is 0.502. The van der Waals surface area contributed by atoms with E-state index in [4.69, 9.17) is 11.6 Å². The summed E-state index contributed by atoms with van der Waals surface area (Å²) in [6.07, 6.45) is -4.07. The number of carbonyl (C=O) groups is 4. The number of hydrogen-bond donors (Lipinski definition) is 2. The molecule has 0 saturated carbocycles. The van der Waals surface area contributed by atoms with Crippen molar-refractivity contribution in [2.75, 3.05) is 19.5 Å². The van der Waals surface area contributed by atoms with Crippen LogP contribution in [0, 0.1) is 5.92 Å². The molecule has 1 atom stereocenters. The summed E-state index contributed by atoms with van der Waals surface area (Å²) >= 11 is 5.90. The number of pyridine rings is 1. The molecule has 174 valence electrons. The molecule has 1 unspecified atom stereocenters. The second-order valence-corrected chi connectivity index (χ2v) is 7.11. The highest BCUT2D eigenvalue weighted by Gasteiger charge is 2.49. The molecule has 1 saturated heterocycles. The van der Waals surface area contributed by atoms with Crippen molar-refractivity contribution in [2.45, 2.75) is 6.18 Å². The minimum absolute atomic E-state index is 0.0636. The fourth-order valence-electron chi connectivity index (χ4n) is 2.93. The second-order valence-electron chi connectivity index (χ2n) is 6.70. The highest BCUT2D eigenvalue weighted by atomic mass is 35.5. The van der Waals surface area contributed by atoms with E-state index in [0.29, 0.717) is 17.2 Å². The lowest BCUT2D eigenvalue weighted by atomic mass is 10.0. The molecule has 10 nitrogen and oxygen atoms in total. The molecule has 1 aliphatic rings. The van der Waals surface area contributed by atoms with Crippen molar-refractivity contribution in [2.24, 2.45) is 5.92 Å². The Hall–Kier alpha value is -3.71. The first-order chi connectivity index (χ1) is 15.4. The summed E-state index contributed by atoms with van der Waals surface area (Å²) in [6.45, 7) is 0. The number of hydroxylamine groups is 2. The van der Waals surface area contributed by atoms with Crippen molar-refractivity contribution < 1.29 is 42.3 Å². The third-order valence-corrected chi connectivity index (χ3v) is 4.92. The number of amides is 5. The Balaban J connectivity index is 1.85. The molecule has 2 aromatic rings. The number of nitrogens with zero attached hydrogens (tertiary/aromatic N) is 3. The van der Waals surface area contributed by atoms with Crippen LogP contribution < -0.4 is 5.32 Å². The number of anilines is 1. The van der Waals surface area contributed by atoms with E-state index in [1.54, 1.807) is 0 Å². The third kappa shape index (κ3) is 4.45. The lowest BCUT2D eigenvalue weighted by Gasteiger charge is -2.32. The van der Waals surface area contributed by atoms with E-state index in [-0.39, 0.29) is 27.0 Å². The van der Waals surface area contributed by atoms with E-state index in [0.717, 1.165) is 20.2 Å². The van der Waals surface area contributed by atoms with E-state index < -0.39 is 47.2 Å². The van der Waals surface area contributed by atoms with Crippen molar-refractivity contribution in [1.29, 1.82) is 0 Å². The zero-order valence-corrected chi connectivity index (χ0v) is 17.6. The van der Waals surface area contributed by atoms with Crippen molar-refractivity contribution >= 4 is 41.0 Å². The maximum absolute atomic E-state index is 12.8. The van der Waals surface area contributed by atoms with E-state index in [9.17, 15) is 37.5 Å². The minimum atomic E-state index is -4.64. The Kier molecular flexibility index (Phi) is 6.29. The molecular formula is C19H14ClF3N4O6. The molecule has 5 amide bonds. The Morgan fingerprint density at radius 2 is 1.88 bits per heavy atom. The topological polar surface area (TPSA) is 129 Å². The van der Waals surface area contributed by atoms with Crippen molar-refractivity contribution in [3.8, 4) is 17.0 Å². The molecule has 1 aliphatic heterocycles. The number of halogens is 4. The molecule has 14 heteroatoms. The Labute approximate surface area is 188 Å². The molecule has 0 aliphatic carbocycles. The normalized spacial score (nSPS) is 16.9. The summed E-state index contributed by atoms with van der Waals surface area (Å²) in [4.78, 5) is 57.8. The van der Waals surface area contributed by atoms with Crippen LogP contribution in [-0.2, 0) is 25.4 Å². The van der Waals surface area contributed by atoms with Crippen LogP contribution in [0.1, 0.15) is 5.56 Å². The van der Waals surface area contributed by atoms with Gasteiger partial charge in [0.25, 0.3) is 11.8 Å². The average Bonchev–Trinajstić information content (AvgIpc) is 2.73. The van der Waals surface area contributed by atoms with E-state index in [1.165, 1.54) is 12.1 Å². The highest BCUT2D eigenvalue weighted by Crippen LogP contribution is 2.36. The van der Waals surface area contributed by atoms with Crippen LogP contribution in [0.2, 0.25) is 5.02 Å². The second kappa shape index (κ2) is 8.67. The van der Waals surface area contributed by atoms with Gasteiger partial charge in [-0.25, -0.2) is 4.79 Å². The third-order valence-electron chi connectivity index (χ3n) is 4.63. The fourth-order valence-corrected chi connectivity index (χ4v) is 3.20. The zero-order chi connectivity index (χ0) is 24.7. The van der Waals surface area contributed by atoms with E-state index >= 15 is 0 Å². The molecule has 3 rings (SSSR count). The number of imide groups is 2. The number of benzene rings is 1. The van der Waals surface area contributed by atoms with Crippen LogP contribution in [0.4, 0.5) is 23.7 Å². The molecule has 2 N–H and O–H groups in total. The Morgan fingerprint density at radius 1 is 1.21 bits per heavy atom. The van der Waals surface area contributed by atoms with E-state index in [2.05, 4.69) is 15.1 Å². The standard InChI is InChI=1S/C19H14ClF3N4O6/c1-26-16(30)13(17(31)27(33-2)18(26)32)15(29)25-11-4-3-8(5-12(11)28)14-10(20)6-9(7-24-14)19(21,22)23/h3-7,13,28H,1-2H3,(H,25,29). The summed E-state index contributed by atoms with van der Waals surface area (Å²) in [5, 5.41) is 12.4. The molecule has 0 bridgehead atoms. The number of phenolic OH excluding ortho intramolecular Hbond substituents is 1. The SMILES string of the molecule is CON1C(=O)C(C(=O)Nc2ccc(-c3ncc(C(F)(F)F)cc3Cl)cc2O)C(=O)N(C)C1=O. The molecular weight excluding hydrogens is 473 g/mol. The molecule has 1 fully saturated rings. The lowest BCUT2D eigenvalue weighted by Crippen LogP contribution is -2.60. The average molecular weight is 487 g/mol. The first kappa shape index (κ1) is 23.9. The van der Waals surface area contributed by atoms with Gasteiger partial charge in [0.15, 0.2) is 5.92 Å². The van der Waals surface area contributed by atoms with Gasteiger partial charge in [-0.3, -0.25) is 29.1 Å². The highest BCUT2D eigenvalue weighted by molar-refractivity contribution is 6.33. The summed E-state index contributed by atoms with van der Waals surface area (Å²) in [5.41, 5.74) is -1.22. The maximum Gasteiger partial charge on any atom is 0.417 e. The molecule has 1 aromatic heterocycles.